The second-order valence-corrected chi connectivity index (χ2v) is 39.0. The highest BCUT2D eigenvalue weighted by Crippen LogP contribution is 2.40. The molecule has 656 valence electrons. The van der Waals surface area contributed by atoms with Gasteiger partial charge < -0.3 is 48.9 Å². The van der Waals surface area contributed by atoms with E-state index < -0.39 is 74.4 Å². The molecule has 8 aromatic carbocycles. The van der Waals surface area contributed by atoms with Gasteiger partial charge in [-0.25, -0.2) is 44.5 Å². The molecule has 0 bridgehead atoms. The van der Waals surface area contributed by atoms with Crippen molar-refractivity contribution >= 4 is 202 Å². The van der Waals surface area contributed by atoms with Crippen molar-refractivity contribution in [2.24, 2.45) is 0 Å². The van der Waals surface area contributed by atoms with Crippen LogP contribution in [0.15, 0.2) is 271 Å². The first-order valence-corrected chi connectivity index (χ1v) is 47.8. The van der Waals surface area contributed by atoms with Gasteiger partial charge in [-0.05, 0) is 166 Å². The van der Waals surface area contributed by atoms with Crippen LogP contribution in [0, 0.1) is 0 Å². The molecule has 0 aliphatic carbocycles. The van der Waals surface area contributed by atoms with Crippen molar-refractivity contribution in [3.05, 3.63) is 310 Å². The van der Waals surface area contributed by atoms with Crippen molar-refractivity contribution in [3.63, 3.8) is 0 Å². The number of ether oxygens (including phenoxy) is 4. The third-order valence-corrected chi connectivity index (χ3v) is 27.1. The Hall–Kier alpha value is -10.2. The van der Waals surface area contributed by atoms with E-state index in [1.54, 1.807) is 73.0 Å². The van der Waals surface area contributed by atoms with Crippen LogP contribution in [-0.2, 0) is 75.7 Å². The number of anilines is 1. The van der Waals surface area contributed by atoms with Crippen LogP contribution < -0.4 is 51.0 Å². The molecule has 7 heterocycles. The molecular formula is C79H64BBr3Cl2F6N8O19S7. The van der Waals surface area contributed by atoms with Crippen LogP contribution in [0.2, 0.25) is 0 Å². The number of sulfonamides is 1. The summed E-state index contributed by atoms with van der Waals surface area (Å²) in [6.07, 6.45) is 3.96. The number of sulfone groups is 1. The summed E-state index contributed by atoms with van der Waals surface area (Å²) in [6.45, 7) is 0.118. The predicted molar refractivity (Wildman–Crippen MR) is 481 cm³/mol. The predicted octanol–water partition coefficient (Wildman–Crippen LogP) is 16.7. The normalized spacial score (nSPS) is 11.5. The maximum atomic E-state index is 13.5. The minimum atomic E-state index is -4.57. The first kappa shape index (κ1) is 98.6. The fraction of sp³-hybridized carbons (Fsp3) is 0.127. The molecule has 0 amide bonds. The highest BCUT2D eigenvalue weighted by molar-refractivity contribution is 9.11. The number of alkyl halides is 6. The second-order valence-electron chi connectivity index (χ2n) is 25.3. The topological polar surface area (TPSA) is 408 Å². The quantitative estimate of drug-likeness (QED) is 0.0181. The van der Waals surface area contributed by atoms with Gasteiger partial charge in [-0.1, -0.05) is 78.9 Å². The Kier molecular flexibility index (Phi) is 34.2. The van der Waals surface area contributed by atoms with E-state index in [9.17, 15) is 70.8 Å². The fourth-order valence-corrected chi connectivity index (χ4v) is 18.7. The molecule has 7 aromatic heterocycles. The van der Waals surface area contributed by atoms with Crippen molar-refractivity contribution < 1.29 is 93.6 Å². The van der Waals surface area contributed by atoms with Crippen LogP contribution in [0.5, 0.6) is 23.0 Å². The number of methoxy groups -OCH3 is 4. The van der Waals surface area contributed by atoms with E-state index in [2.05, 4.69) is 110 Å². The first-order chi connectivity index (χ1) is 58.9. The Balaban J connectivity index is 0.000000174. The minimum Gasteiger partial charge on any atom is -0.497 e. The Morgan fingerprint density at radius 1 is 0.472 bits per heavy atom. The summed E-state index contributed by atoms with van der Waals surface area (Å²) < 4.78 is 199. The summed E-state index contributed by atoms with van der Waals surface area (Å²) in [7, 11) is -2.50. The highest BCUT2D eigenvalue weighted by Gasteiger charge is 2.34. The molecule has 125 heavy (non-hydrogen) atoms. The lowest BCUT2D eigenvalue weighted by molar-refractivity contribution is -0.138. The SMILES string of the molecule is COc1cc(C(F)(F)F)ccc1-c1c(=O)[nH]cc2cc(S(=O)(=O)Cc3nccs3)ccc12.COc1cc(C(F)(F)F)ccc1B(O)O.COc1ccc(CCc2nccs2)cc1.COc1ccc(CN(c2nccs2)S(=O)(=O)c2ccc3c(Br)c(=O)[nH]cc3c2)cc1.O=S(=O)(O)Cl.O=c1[nH]cc2cc(S(=O)(=O)Cl)ccc2c1Br.O=c1[nH]cc2ccccc2c1Br. The Labute approximate surface area is 753 Å². The van der Waals surface area contributed by atoms with Crippen LogP contribution >= 0.6 is 103 Å². The minimum absolute atomic E-state index is 0.000570. The zero-order valence-corrected chi connectivity index (χ0v) is 76.4. The van der Waals surface area contributed by atoms with Gasteiger partial charge >= 0.3 is 28.8 Å². The van der Waals surface area contributed by atoms with Gasteiger partial charge in [0.05, 0.1) is 84.8 Å². The summed E-state index contributed by atoms with van der Waals surface area (Å²) >= 11 is 13.8. The number of fused-ring (bicyclic) bond motifs is 4. The van der Waals surface area contributed by atoms with Crippen LogP contribution in [0.3, 0.4) is 0 Å². The number of thiazole rings is 3. The molecule has 0 saturated heterocycles. The van der Waals surface area contributed by atoms with Gasteiger partial charge in [-0.3, -0.25) is 23.7 Å². The smallest absolute Gasteiger partial charge is 0.492 e. The molecule has 0 atom stereocenters. The molecule has 0 aliphatic heterocycles. The average Bonchev–Trinajstić information content (AvgIpc) is 1.60. The number of H-pyrrole nitrogens is 4. The lowest BCUT2D eigenvalue weighted by Crippen LogP contribution is -2.31. The van der Waals surface area contributed by atoms with E-state index in [-0.39, 0.29) is 71.8 Å². The summed E-state index contributed by atoms with van der Waals surface area (Å²) in [4.78, 5) is 69.7. The number of nitrogens with zero attached hydrogens (tertiary/aromatic N) is 4. The van der Waals surface area contributed by atoms with Gasteiger partial charge in [0.25, 0.3) is 41.3 Å². The molecule has 0 radical (unpaired) electrons. The van der Waals surface area contributed by atoms with Gasteiger partial charge in [0.2, 0.25) is 0 Å². The van der Waals surface area contributed by atoms with E-state index >= 15 is 0 Å². The maximum Gasteiger partial charge on any atom is 0.492 e. The van der Waals surface area contributed by atoms with Crippen molar-refractivity contribution in [1.29, 1.82) is 0 Å². The number of aryl methyl sites for hydroxylation is 2. The molecule has 0 aliphatic rings. The number of hydrogen-bond donors (Lipinski definition) is 7. The standard InChI is InChI=1S/C21H15F3N2O4S2.C20H16BrN3O4S2.C12H13NOS.C9H5BrClNO3S.C9H6BrNO.C8H8BF3O3.ClHO3S/c1-30-17-9-13(21(22,23)24)2-4-16(17)19-15-5-3-14(8-12(15)10-26-20(19)27)32(28,29)11-18-25-6-7-31-18;1-28-15-4-2-13(3-5-15)12-24(20-22-8-9-29-20)30(26,27)16-6-7-17-14(10-16)11-23-19(25)18(17)21;1-14-11-5-2-10(3-6-11)4-7-12-13-8-9-15-12;10-8-7-2-1-6(16(11,14)15)3-5(7)4-12-9(8)13;10-8-7-4-2-1-3-6(7)5-11-9(8)12;1-15-7-4-5(8(10,11)12)2-3-6(7)9(13)14;1-5(2,3)4/h2-10H,11H2,1H3,(H,26,27);2-11H,12H2,1H3,(H,23,25);2-3,5-6,8-9H,4,7H2,1H3;1-4H,(H,12,13);1-5H,(H,11,12);2-4,13-14H,1H3;(H,2,3,4). The largest absolute Gasteiger partial charge is 0.497 e. The Bertz CT molecular complexity index is 7040. The van der Waals surface area contributed by atoms with Gasteiger partial charge in [-0.2, -0.15) is 34.8 Å². The summed E-state index contributed by atoms with van der Waals surface area (Å²) in [6, 6.07) is 41.6. The third kappa shape index (κ3) is 27.2. The number of hydrogen-bond acceptors (Lipinski definition) is 24. The molecule has 15 aromatic rings. The summed E-state index contributed by atoms with van der Waals surface area (Å²) in [5.41, 5.74) is -0.741. The molecule has 0 unspecified atom stereocenters. The zero-order chi connectivity index (χ0) is 91.5. The third-order valence-electron chi connectivity index (χ3n) is 17.3. The van der Waals surface area contributed by atoms with Gasteiger partial charge in [0.15, 0.2) is 15.0 Å². The number of halogens is 11. The molecular weight excluding hydrogens is 2020 g/mol. The molecule has 0 spiro atoms. The number of nitrogens with one attached hydrogen (secondary N) is 4. The van der Waals surface area contributed by atoms with Crippen molar-refractivity contribution in [2.45, 2.75) is 52.2 Å². The van der Waals surface area contributed by atoms with Gasteiger partial charge in [0, 0.05) is 125 Å². The molecule has 0 fully saturated rings. The summed E-state index contributed by atoms with van der Waals surface area (Å²) in [5.74, 6) is 1.00. The molecule has 0 saturated carbocycles. The maximum absolute atomic E-state index is 13.5. The average molecular weight is 2090 g/mol. The molecule has 7 N–H and O–H groups in total. The number of pyridine rings is 4. The lowest BCUT2D eigenvalue weighted by atomic mass is 9.79. The Morgan fingerprint density at radius 2 is 0.904 bits per heavy atom. The van der Waals surface area contributed by atoms with E-state index in [0.717, 1.165) is 72.4 Å². The van der Waals surface area contributed by atoms with Gasteiger partial charge in [-0.15, -0.1) is 34.0 Å². The van der Waals surface area contributed by atoms with Crippen LogP contribution in [0.1, 0.15) is 32.3 Å². The second kappa shape index (κ2) is 43.4. The van der Waals surface area contributed by atoms with E-state index in [1.165, 1.54) is 118 Å². The fourth-order valence-electron chi connectivity index (χ4n) is 11.3. The van der Waals surface area contributed by atoms with Crippen LogP contribution in [-0.4, -0.2) is 119 Å². The Morgan fingerprint density at radius 3 is 1.39 bits per heavy atom. The lowest BCUT2D eigenvalue weighted by Gasteiger charge is -2.22. The van der Waals surface area contributed by atoms with Crippen molar-refractivity contribution in [1.82, 2.24) is 34.9 Å². The monoisotopic (exact) mass is 2080 g/mol. The van der Waals surface area contributed by atoms with E-state index in [4.69, 9.17) is 47.9 Å². The van der Waals surface area contributed by atoms with Crippen LogP contribution in [0.25, 0.3) is 54.2 Å². The van der Waals surface area contributed by atoms with Gasteiger partial charge in [0.1, 0.15) is 33.8 Å². The molecule has 27 nitrogen and oxygen atoms in total. The van der Waals surface area contributed by atoms with E-state index in [1.807, 2.05) is 60.1 Å². The first-order valence-electron chi connectivity index (χ1n) is 35.1. The number of aromatic nitrogens is 7. The zero-order valence-electron chi connectivity index (χ0n) is 64.4. The summed E-state index contributed by atoms with van der Waals surface area (Å²) in [5, 5.41) is 30.3. The highest BCUT2D eigenvalue weighted by atomic mass is 79.9. The molecule has 46 heteroatoms. The molecule has 15 rings (SSSR count). The van der Waals surface area contributed by atoms with E-state index in [0.29, 0.717) is 61.6 Å². The van der Waals surface area contributed by atoms with Crippen molar-refractivity contribution in [2.75, 3.05) is 32.7 Å². The number of rotatable bonds is 18. The van der Waals surface area contributed by atoms with Crippen LogP contribution in [0.4, 0.5) is 31.5 Å². The number of aromatic amines is 4. The van der Waals surface area contributed by atoms with Crippen molar-refractivity contribution in [3.8, 4) is 34.1 Å². The number of benzene rings is 8.